The maximum absolute atomic E-state index is 10.5. The van der Waals surface area contributed by atoms with E-state index in [9.17, 15) is 8.42 Å². The van der Waals surface area contributed by atoms with Crippen LogP contribution in [0.4, 0.5) is 0 Å². The molecule has 0 unspecified atom stereocenters. The van der Waals surface area contributed by atoms with Crippen molar-refractivity contribution in [1.29, 1.82) is 0 Å². The summed E-state index contributed by atoms with van der Waals surface area (Å²) < 4.78 is 25.6. The third kappa shape index (κ3) is 11.5. The van der Waals surface area contributed by atoms with Crippen molar-refractivity contribution in [3.8, 4) is 11.8 Å². The Morgan fingerprint density at radius 1 is 1.23 bits per heavy atom. The fourth-order valence-electron chi connectivity index (χ4n) is 0.739. The summed E-state index contributed by atoms with van der Waals surface area (Å²) in [5, 5.41) is 0. The van der Waals surface area contributed by atoms with Gasteiger partial charge < -0.3 is 0 Å². The van der Waals surface area contributed by atoms with Crippen LogP contribution in [0.2, 0.25) is 0 Å². The molecule has 13 heavy (non-hydrogen) atoms. The average Bonchev–Trinajstić information content (AvgIpc) is 2.01. The van der Waals surface area contributed by atoms with Crippen LogP contribution in [0.3, 0.4) is 0 Å². The fourth-order valence-corrected chi connectivity index (χ4v) is 1.16. The molecule has 0 saturated heterocycles. The topological polar surface area (TPSA) is 43.4 Å². The van der Waals surface area contributed by atoms with E-state index in [0.29, 0.717) is 0 Å². The molecule has 3 nitrogen and oxygen atoms in total. The Kier molecular flexibility index (Phi) is 6.65. The molecule has 0 amide bonds. The van der Waals surface area contributed by atoms with Crippen molar-refractivity contribution < 1.29 is 12.6 Å². The molecule has 0 spiro atoms. The lowest BCUT2D eigenvalue weighted by Gasteiger charge is -1.98. The van der Waals surface area contributed by atoms with Gasteiger partial charge in [0.1, 0.15) is 0 Å². The lowest BCUT2D eigenvalue weighted by Crippen LogP contribution is -2.03. The summed E-state index contributed by atoms with van der Waals surface area (Å²) in [5.74, 6) is 5.92. The molecule has 0 rings (SSSR count). The Morgan fingerprint density at radius 2 is 1.92 bits per heavy atom. The highest BCUT2D eigenvalue weighted by molar-refractivity contribution is 7.85. The van der Waals surface area contributed by atoms with Crippen molar-refractivity contribution in [1.82, 2.24) is 0 Å². The van der Waals surface area contributed by atoms with Crippen LogP contribution in [0.15, 0.2) is 0 Å². The molecule has 4 heteroatoms. The van der Waals surface area contributed by atoms with Crippen LogP contribution in [0.1, 0.15) is 32.6 Å². The van der Waals surface area contributed by atoms with Crippen molar-refractivity contribution in [3.05, 3.63) is 0 Å². The summed E-state index contributed by atoms with van der Waals surface area (Å²) in [6, 6.07) is 0. The second-order valence-electron chi connectivity index (χ2n) is 2.69. The first-order valence-electron chi connectivity index (χ1n) is 4.36. The van der Waals surface area contributed by atoms with Crippen molar-refractivity contribution in [2.24, 2.45) is 0 Å². The van der Waals surface area contributed by atoms with Gasteiger partial charge in [0.05, 0.1) is 12.9 Å². The fraction of sp³-hybridized carbons (Fsp3) is 0.778. The van der Waals surface area contributed by atoms with E-state index in [4.69, 9.17) is 0 Å². The Labute approximate surface area is 80.6 Å². The van der Waals surface area contributed by atoms with Crippen molar-refractivity contribution >= 4 is 10.1 Å². The van der Waals surface area contributed by atoms with Gasteiger partial charge in [0, 0.05) is 12.8 Å². The summed E-state index contributed by atoms with van der Waals surface area (Å²) >= 11 is 0. The molecule has 0 heterocycles. The zero-order valence-electron chi connectivity index (χ0n) is 8.17. The maximum Gasteiger partial charge on any atom is 0.264 e. The SMILES string of the molecule is CCC#CCCCCOS(C)(=O)=O. The predicted molar refractivity (Wildman–Crippen MR) is 52.7 cm³/mol. The Bertz CT molecular complexity index is 269. The van der Waals surface area contributed by atoms with Crippen LogP contribution in [-0.2, 0) is 14.3 Å². The van der Waals surface area contributed by atoms with Crippen molar-refractivity contribution in [2.45, 2.75) is 32.6 Å². The highest BCUT2D eigenvalue weighted by Gasteiger charge is 1.99. The standard InChI is InChI=1S/C9H16O3S/c1-3-4-5-6-7-8-9-12-13(2,10)11/h3,6-9H2,1-2H3. The van der Waals surface area contributed by atoms with E-state index in [1.165, 1.54) is 0 Å². The van der Waals surface area contributed by atoms with E-state index in [-0.39, 0.29) is 6.61 Å². The van der Waals surface area contributed by atoms with E-state index >= 15 is 0 Å². The molecule has 0 aliphatic carbocycles. The first-order valence-corrected chi connectivity index (χ1v) is 6.18. The first kappa shape index (κ1) is 12.5. The number of unbranched alkanes of at least 4 members (excludes halogenated alkanes) is 2. The van der Waals surface area contributed by atoms with Gasteiger partial charge in [0.25, 0.3) is 10.1 Å². The third-order valence-corrected chi connectivity index (χ3v) is 1.89. The summed E-state index contributed by atoms with van der Waals surface area (Å²) in [7, 11) is -3.26. The molecule has 0 aliphatic rings. The quantitative estimate of drug-likeness (QED) is 0.387. The largest absolute Gasteiger partial charge is 0.270 e. The van der Waals surface area contributed by atoms with Gasteiger partial charge >= 0.3 is 0 Å². The molecule has 0 radical (unpaired) electrons. The monoisotopic (exact) mass is 204 g/mol. The number of hydrogen-bond donors (Lipinski definition) is 0. The summed E-state index contributed by atoms with van der Waals surface area (Å²) in [6.07, 6.45) is 4.39. The Hall–Kier alpha value is -0.530. The minimum atomic E-state index is -3.26. The van der Waals surface area contributed by atoms with Crippen LogP contribution in [0.25, 0.3) is 0 Å². The van der Waals surface area contributed by atoms with Gasteiger partial charge in [0.2, 0.25) is 0 Å². The lowest BCUT2D eigenvalue weighted by atomic mass is 10.2. The molecule has 0 saturated carbocycles. The maximum atomic E-state index is 10.5. The van der Waals surface area contributed by atoms with Crippen LogP contribution < -0.4 is 0 Å². The normalized spacial score (nSPS) is 10.6. The molecule has 0 aromatic rings. The number of hydrogen-bond acceptors (Lipinski definition) is 3. The highest BCUT2D eigenvalue weighted by atomic mass is 32.2. The molecule has 0 bridgehead atoms. The second kappa shape index (κ2) is 6.93. The van der Waals surface area contributed by atoms with Gasteiger partial charge in [-0.25, -0.2) is 0 Å². The van der Waals surface area contributed by atoms with Crippen molar-refractivity contribution in [3.63, 3.8) is 0 Å². The summed E-state index contributed by atoms with van der Waals surface area (Å²) in [4.78, 5) is 0. The summed E-state index contributed by atoms with van der Waals surface area (Å²) in [5.41, 5.74) is 0. The molecule has 0 aliphatic heterocycles. The smallest absolute Gasteiger partial charge is 0.264 e. The zero-order valence-corrected chi connectivity index (χ0v) is 8.99. The van der Waals surface area contributed by atoms with Crippen molar-refractivity contribution in [2.75, 3.05) is 12.9 Å². The van der Waals surface area contributed by atoms with E-state index < -0.39 is 10.1 Å². The van der Waals surface area contributed by atoms with E-state index in [1.54, 1.807) is 0 Å². The highest BCUT2D eigenvalue weighted by Crippen LogP contribution is 1.97. The zero-order chi connectivity index (χ0) is 10.2. The minimum Gasteiger partial charge on any atom is -0.270 e. The molecule has 0 atom stereocenters. The molecule has 0 aromatic heterocycles. The van der Waals surface area contributed by atoms with E-state index in [1.807, 2.05) is 6.92 Å². The van der Waals surface area contributed by atoms with E-state index in [2.05, 4.69) is 16.0 Å². The van der Waals surface area contributed by atoms with Gasteiger partial charge in [-0.2, -0.15) is 8.42 Å². The van der Waals surface area contributed by atoms with Crippen LogP contribution in [0.5, 0.6) is 0 Å². The summed E-state index contributed by atoms with van der Waals surface area (Å²) in [6.45, 7) is 2.27. The second-order valence-corrected chi connectivity index (χ2v) is 4.33. The van der Waals surface area contributed by atoms with Gasteiger partial charge in [0.15, 0.2) is 0 Å². The van der Waals surface area contributed by atoms with Gasteiger partial charge in [-0.15, -0.1) is 11.8 Å². The third-order valence-electron chi connectivity index (χ3n) is 1.30. The molecule has 0 fully saturated rings. The van der Waals surface area contributed by atoms with Crippen LogP contribution in [-0.4, -0.2) is 21.3 Å². The molecule has 76 valence electrons. The number of rotatable bonds is 5. The Morgan fingerprint density at radius 3 is 2.46 bits per heavy atom. The van der Waals surface area contributed by atoms with Gasteiger partial charge in [-0.05, 0) is 12.8 Å². The Balaban J connectivity index is 3.28. The molecular formula is C9H16O3S. The average molecular weight is 204 g/mol. The lowest BCUT2D eigenvalue weighted by molar-refractivity contribution is 0.313. The van der Waals surface area contributed by atoms with Gasteiger partial charge in [-0.3, -0.25) is 4.18 Å². The van der Waals surface area contributed by atoms with Crippen LogP contribution in [0, 0.1) is 11.8 Å². The molecule has 0 N–H and O–H groups in total. The molecular weight excluding hydrogens is 188 g/mol. The minimum absolute atomic E-state index is 0.270. The molecule has 0 aromatic carbocycles. The van der Waals surface area contributed by atoms with Crippen LogP contribution >= 0.6 is 0 Å². The first-order chi connectivity index (χ1) is 6.06. The van der Waals surface area contributed by atoms with E-state index in [0.717, 1.165) is 31.9 Å². The van der Waals surface area contributed by atoms with Gasteiger partial charge in [-0.1, -0.05) is 6.92 Å². The predicted octanol–water partition coefficient (Wildman–Crippen LogP) is 1.55.